The summed E-state index contributed by atoms with van der Waals surface area (Å²) in [4.78, 5) is 28.6. The molecule has 9 nitrogen and oxygen atoms in total. The van der Waals surface area contributed by atoms with Crippen LogP contribution in [-0.2, 0) is 16.2 Å². The lowest BCUT2D eigenvalue weighted by atomic mass is 10.1. The monoisotopic (exact) mass is 459 g/mol. The number of hydroxylamine groups is 1. The molecule has 12 heteroatoms. The van der Waals surface area contributed by atoms with Crippen molar-refractivity contribution in [2.75, 3.05) is 10.4 Å². The summed E-state index contributed by atoms with van der Waals surface area (Å²) >= 11 is 0. The van der Waals surface area contributed by atoms with E-state index in [0.717, 1.165) is 5.56 Å². The molecule has 0 aliphatic rings. The highest BCUT2D eigenvalue weighted by Gasteiger charge is 2.43. The zero-order valence-electron chi connectivity index (χ0n) is 17.0. The number of aryl methyl sites for hydroxylation is 1. The Balaban J connectivity index is 1.62. The van der Waals surface area contributed by atoms with E-state index in [1.54, 1.807) is 31.2 Å². The van der Waals surface area contributed by atoms with E-state index in [2.05, 4.69) is 25.1 Å². The van der Waals surface area contributed by atoms with Gasteiger partial charge < -0.3 is 19.0 Å². The maximum absolute atomic E-state index is 12.8. The minimum absolute atomic E-state index is 0.0471. The molecule has 170 valence electrons. The van der Waals surface area contributed by atoms with Gasteiger partial charge in [-0.25, -0.2) is 14.8 Å². The van der Waals surface area contributed by atoms with Crippen LogP contribution < -0.4 is 10.4 Å². The molecule has 0 saturated carbocycles. The van der Waals surface area contributed by atoms with Gasteiger partial charge in [-0.05, 0) is 31.2 Å². The second-order valence-corrected chi connectivity index (χ2v) is 6.77. The molecule has 0 saturated heterocycles. The number of furan rings is 1. The molecule has 0 atom stereocenters. The lowest BCUT2D eigenvalue weighted by molar-refractivity contribution is -0.201. The maximum atomic E-state index is 12.8. The fourth-order valence-electron chi connectivity index (χ4n) is 2.83. The van der Waals surface area contributed by atoms with Gasteiger partial charge in [0, 0.05) is 23.0 Å². The van der Waals surface area contributed by atoms with Gasteiger partial charge in [-0.1, -0.05) is 12.1 Å². The Labute approximate surface area is 184 Å². The molecule has 0 aliphatic carbocycles. The van der Waals surface area contributed by atoms with E-state index in [4.69, 9.17) is 8.83 Å². The number of carbonyl (C=O) groups is 1. The zero-order valence-corrected chi connectivity index (χ0v) is 17.0. The normalized spacial score (nSPS) is 11.3. The molecule has 0 bridgehead atoms. The van der Waals surface area contributed by atoms with Crippen LogP contribution in [0.5, 0.6) is 0 Å². The van der Waals surface area contributed by atoms with Crippen molar-refractivity contribution in [2.24, 2.45) is 0 Å². The molecule has 0 unspecified atom stereocenters. The van der Waals surface area contributed by atoms with Gasteiger partial charge in [-0.3, -0.25) is 0 Å². The second-order valence-electron chi connectivity index (χ2n) is 6.77. The van der Waals surface area contributed by atoms with Crippen LogP contribution in [0.2, 0.25) is 0 Å². The Morgan fingerprint density at radius 2 is 2.06 bits per heavy atom. The van der Waals surface area contributed by atoms with Gasteiger partial charge in [0.15, 0.2) is 12.2 Å². The number of alkyl halides is 3. The standard InChI is InChI=1S/C21H16F3N5O4/c1-13-9-25-20(27-15-5-2-4-14(8-15)17-11-31-12-26-17)28-18(13)29(10-16-6-3-7-32-16)33-19(30)21(22,23)24/h2-9,11-12H,10H2,1H3,(H,25,27,28). The second kappa shape index (κ2) is 9.02. The van der Waals surface area contributed by atoms with Crippen LogP contribution in [0.1, 0.15) is 11.3 Å². The number of anilines is 3. The Hall–Kier alpha value is -4.35. The molecule has 3 heterocycles. The van der Waals surface area contributed by atoms with Crippen LogP contribution in [0.15, 0.2) is 70.3 Å². The van der Waals surface area contributed by atoms with Crippen molar-refractivity contribution in [3.8, 4) is 11.3 Å². The number of rotatable bonds is 7. The molecule has 33 heavy (non-hydrogen) atoms. The lowest BCUT2D eigenvalue weighted by Crippen LogP contribution is -2.35. The highest BCUT2D eigenvalue weighted by atomic mass is 19.4. The summed E-state index contributed by atoms with van der Waals surface area (Å²) in [7, 11) is 0. The number of benzene rings is 1. The molecule has 4 rings (SSSR count). The van der Waals surface area contributed by atoms with E-state index in [-0.39, 0.29) is 24.1 Å². The van der Waals surface area contributed by atoms with Crippen molar-refractivity contribution < 1.29 is 31.6 Å². The number of hydrogen-bond donors (Lipinski definition) is 1. The fourth-order valence-corrected chi connectivity index (χ4v) is 2.83. The first-order valence-electron chi connectivity index (χ1n) is 9.48. The summed E-state index contributed by atoms with van der Waals surface area (Å²) in [6.07, 6.45) is 0.343. The van der Waals surface area contributed by atoms with Crippen molar-refractivity contribution in [3.05, 3.63) is 72.8 Å². The van der Waals surface area contributed by atoms with Crippen LogP contribution in [0.3, 0.4) is 0 Å². The summed E-state index contributed by atoms with van der Waals surface area (Å²) in [5.41, 5.74) is 2.35. The van der Waals surface area contributed by atoms with E-state index in [9.17, 15) is 18.0 Å². The van der Waals surface area contributed by atoms with Gasteiger partial charge in [0.2, 0.25) is 5.95 Å². The number of hydrogen-bond acceptors (Lipinski definition) is 9. The third kappa shape index (κ3) is 5.29. The summed E-state index contributed by atoms with van der Waals surface area (Å²) in [5.74, 6) is -2.10. The minimum atomic E-state index is -5.19. The molecule has 0 radical (unpaired) electrons. The van der Waals surface area contributed by atoms with Crippen LogP contribution >= 0.6 is 0 Å². The predicted octanol–water partition coefficient (Wildman–Crippen LogP) is 4.80. The van der Waals surface area contributed by atoms with E-state index in [1.165, 1.54) is 31.2 Å². The van der Waals surface area contributed by atoms with Crippen LogP contribution in [0.4, 0.5) is 30.6 Å². The molecule has 0 aliphatic heterocycles. The van der Waals surface area contributed by atoms with Crippen LogP contribution in [0.25, 0.3) is 11.3 Å². The molecule has 0 spiro atoms. The van der Waals surface area contributed by atoms with Crippen molar-refractivity contribution in [1.29, 1.82) is 0 Å². The molecular weight excluding hydrogens is 443 g/mol. The van der Waals surface area contributed by atoms with Gasteiger partial charge in [0.05, 0.1) is 6.26 Å². The number of carbonyl (C=O) groups excluding carboxylic acids is 1. The quantitative estimate of drug-likeness (QED) is 0.390. The Morgan fingerprint density at radius 1 is 1.21 bits per heavy atom. The first-order valence-corrected chi connectivity index (χ1v) is 9.48. The van der Waals surface area contributed by atoms with Crippen molar-refractivity contribution in [2.45, 2.75) is 19.6 Å². The van der Waals surface area contributed by atoms with Gasteiger partial charge >= 0.3 is 12.1 Å². The van der Waals surface area contributed by atoms with Crippen LogP contribution in [-0.4, -0.2) is 27.1 Å². The predicted molar refractivity (Wildman–Crippen MR) is 109 cm³/mol. The van der Waals surface area contributed by atoms with E-state index in [0.29, 0.717) is 22.0 Å². The van der Waals surface area contributed by atoms with Crippen molar-refractivity contribution >= 4 is 23.4 Å². The van der Waals surface area contributed by atoms with Crippen molar-refractivity contribution in [3.63, 3.8) is 0 Å². The number of aromatic nitrogens is 3. The minimum Gasteiger partial charge on any atom is -0.467 e. The molecular formula is C21H16F3N5O4. The highest BCUT2D eigenvalue weighted by Crippen LogP contribution is 2.27. The van der Waals surface area contributed by atoms with E-state index < -0.39 is 12.1 Å². The Morgan fingerprint density at radius 3 is 2.76 bits per heavy atom. The third-order valence-corrected chi connectivity index (χ3v) is 4.33. The lowest BCUT2D eigenvalue weighted by Gasteiger charge is -2.23. The Bertz CT molecular complexity index is 1230. The molecule has 0 fully saturated rings. The van der Waals surface area contributed by atoms with Gasteiger partial charge in [-0.15, -0.1) is 0 Å². The molecule has 0 amide bonds. The third-order valence-electron chi connectivity index (χ3n) is 4.33. The van der Waals surface area contributed by atoms with E-state index >= 15 is 0 Å². The average molecular weight is 459 g/mol. The largest absolute Gasteiger partial charge is 0.493 e. The molecule has 1 N–H and O–H groups in total. The highest BCUT2D eigenvalue weighted by molar-refractivity contribution is 5.76. The van der Waals surface area contributed by atoms with Gasteiger partial charge in [0.25, 0.3) is 0 Å². The number of oxazole rings is 1. The first kappa shape index (κ1) is 21.9. The van der Waals surface area contributed by atoms with Crippen LogP contribution in [0, 0.1) is 6.92 Å². The summed E-state index contributed by atoms with van der Waals surface area (Å²) in [6.45, 7) is 1.27. The molecule has 3 aromatic heterocycles. The fraction of sp³-hybridized carbons (Fsp3) is 0.143. The summed E-state index contributed by atoms with van der Waals surface area (Å²) in [5, 5.41) is 3.69. The smallest absolute Gasteiger partial charge is 0.467 e. The van der Waals surface area contributed by atoms with E-state index in [1.807, 2.05) is 6.07 Å². The summed E-state index contributed by atoms with van der Waals surface area (Å²) < 4.78 is 48.7. The molecule has 1 aromatic carbocycles. The summed E-state index contributed by atoms with van der Waals surface area (Å²) in [6, 6.07) is 10.2. The van der Waals surface area contributed by atoms with Gasteiger partial charge in [0.1, 0.15) is 24.3 Å². The maximum Gasteiger partial charge on any atom is 0.493 e. The SMILES string of the molecule is Cc1cnc(Nc2cccc(-c3cocn3)c2)nc1N(Cc1ccco1)OC(=O)C(F)(F)F. The topological polar surface area (TPSA) is 107 Å². The Kier molecular flexibility index (Phi) is 5.98. The first-order chi connectivity index (χ1) is 15.8. The zero-order chi connectivity index (χ0) is 23.4. The number of nitrogens with one attached hydrogen (secondary N) is 1. The number of halogens is 3. The van der Waals surface area contributed by atoms with Gasteiger partial charge in [-0.2, -0.15) is 23.2 Å². The number of nitrogens with zero attached hydrogens (tertiary/aromatic N) is 4. The van der Waals surface area contributed by atoms with Crippen molar-refractivity contribution in [1.82, 2.24) is 15.0 Å². The molecule has 4 aromatic rings. The average Bonchev–Trinajstić information content (AvgIpc) is 3.48.